The summed E-state index contributed by atoms with van der Waals surface area (Å²) in [4.78, 5) is 23.1. The van der Waals surface area contributed by atoms with Crippen LogP contribution in [-0.2, 0) is 20.9 Å². The number of rotatable bonds is 4. The van der Waals surface area contributed by atoms with Crippen LogP contribution in [0.15, 0.2) is 12.4 Å². The van der Waals surface area contributed by atoms with Crippen LogP contribution in [0.2, 0.25) is 0 Å². The number of ether oxygens (including phenoxy) is 1. The monoisotopic (exact) mass is 292 g/mol. The van der Waals surface area contributed by atoms with Crippen molar-refractivity contribution in [3.8, 4) is 0 Å². The van der Waals surface area contributed by atoms with Crippen LogP contribution in [0.1, 0.15) is 25.7 Å². The summed E-state index contributed by atoms with van der Waals surface area (Å²) in [7, 11) is 0. The molecule has 0 spiro atoms. The molecule has 3 rings (SSSR count). The first-order chi connectivity index (χ1) is 10.2. The minimum Gasteiger partial charge on any atom is -0.381 e. The molecule has 114 valence electrons. The Morgan fingerprint density at radius 3 is 2.95 bits per heavy atom. The number of carbonyl (C=O) groups is 2. The minimum absolute atomic E-state index is 0.0645. The molecule has 2 fully saturated rings. The number of hydrogen-bond donors (Lipinski definition) is 2. The molecule has 0 aliphatic carbocycles. The van der Waals surface area contributed by atoms with Crippen molar-refractivity contribution < 1.29 is 14.3 Å². The van der Waals surface area contributed by atoms with Gasteiger partial charge in [0.2, 0.25) is 11.8 Å². The van der Waals surface area contributed by atoms with E-state index < -0.39 is 6.04 Å². The van der Waals surface area contributed by atoms with E-state index in [1.165, 1.54) is 0 Å². The van der Waals surface area contributed by atoms with Crippen LogP contribution >= 0.6 is 0 Å². The quantitative estimate of drug-likeness (QED) is 0.847. The van der Waals surface area contributed by atoms with Crippen molar-refractivity contribution in [2.45, 2.75) is 38.3 Å². The Balaban J connectivity index is 1.52. The highest BCUT2D eigenvalue weighted by atomic mass is 16.5. The van der Waals surface area contributed by atoms with Gasteiger partial charge in [-0.15, -0.1) is 0 Å². The number of nitrogens with one attached hydrogen (secondary N) is 2. The summed E-state index contributed by atoms with van der Waals surface area (Å²) in [6.45, 7) is 2.48. The maximum atomic E-state index is 12.0. The molecule has 1 aromatic heterocycles. The molecule has 2 amide bonds. The first-order valence-electron chi connectivity index (χ1n) is 7.41. The van der Waals surface area contributed by atoms with E-state index in [0.717, 1.165) is 32.6 Å². The predicted molar refractivity (Wildman–Crippen MR) is 75.6 cm³/mol. The molecule has 0 unspecified atom stereocenters. The van der Waals surface area contributed by atoms with Crippen molar-refractivity contribution in [1.29, 1.82) is 0 Å². The van der Waals surface area contributed by atoms with E-state index in [4.69, 9.17) is 4.74 Å². The lowest BCUT2D eigenvalue weighted by Gasteiger charge is -2.21. The zero-order valence-corrected chi connectivity index (χ0v) is 11.9. The second kappa shape index (κ2) is 6.26. The van der Waals surface area contributed by atoms with Gasteiger partial charge in [0.15, 0.2) is 0 Å². The summed E-state index contributed by atoms with van der Waals surface area (Å²) in [5.41, 5.74) is 0.674. The molecule has 7 heteroatoms. The third-order valence-electron chi connectivity index (χ3n) is 4.00. The van der Waals surface area contributed by atoms with Gasteiger partial charge >= 0.3 is 0 Å². The van der Waals surface area contributed by atoms with E-state index in [1.807, 2.05) is 10.9 Å². The molecular formula is C14H20N4O3. The van der Waals surface area contributed by atoms with Gasteiger partial charge in [-0.25, -0.2) is 0 Å². The SMILES string of the molecule is O=C1CC[C@H](C(=O)Nc2cnn(CC3CCOCC3)c2)N1. The van der Waals surface area contributed by atoms with Crippen LogP contribution in [0, 0.1) is 5.92 Å². The zero-order valence-electron chi connectivity index (χ0n) is 11.9. The van der Waals surface area contributed by atoms with Crippen LogP contribution in [0.3, 0.4) is 0 Å². The Kier molecular flexibility index (Phi) is 4.19. The summed E-state index contributed by atoms with van der Waals surface area (Å²) >= 11 is 0. The van der Waals surface area contributed by atoms with Crippen molar-refractivity contribution in [2.75, 3.05) is 18.5 Å². The fourth-order valence-corrected chi connectivity index (χ4v) is 2.76. The summed E-state index contributed by atoms with van der Waals surface area (Å²) < 4.78 is 7.20. The molecule has 0 saturated carbocycles. The van der Waals surface area contributed by atoms with E-state index >= 15 is 0 Å². The Bertz CT molecular complexity index is 522. The van der Waals surface area contributed by atoms with Gasteiger partial charge in [0.25, 0.3) is 0 Å². The smallest absolute Gasteiger partial charge is 0.247 e. The molecule has 1 aromatic rings. The second-order valence-electron chi connectivity index (χ2n) is 5.65. The van der Waals surface area contributed by atoms with E-state index in [-0.39, 0.29) is 11.8 Å². The highest BCUT2D eigenvalue weighted by Gasteiger charge is 2.27. The van der Waals surface area contributed by atoms with Crippen molar-refractivity contribution in [3.63, 3.8) is 0 Å². The molecule has 3 heterocycles. The molecule has 0 bridgehead atoms. The molecule has 0 radical (unpaired) electrons. The van der Waals surface area contributed by atoms with Crippen LogP contribution in [0.25, 0.3) is 0 Å². The number of aromatic nitrogens is 2. The summed E-state index contributed by atoms with van der Waals surface area (Å²) in [5.74, 6) is 0.341. The molecular weight excluding hydrogens is 272 g/mol. The fraction of sp³-hybridized carbons (Fsp3) is 0.643. The van der Waals surface area contributed by atoms with Crippen LogP contribution in [-0.4, -0.2) is 40.9 Å². The van der Waals surface area contributed by atoms with Crippen molar-refractivity contribution in [2.24, 2.45) is 5.92 Å². The standard InChI is InChI=1S/C14H20N4O3/c19-13-2-1-12(17-13)14(20)16-11-7-15-18(9-11)8-10-3-5-21-6-4-10/h7,9-10,12H,1-6,8H2,(H,16,20)(H,17,19)/t12-/m1/s1. The number of hydrogen-bond acceptors (Lipinski definition) is 4. The Morgan fingerprint density at radius 1 is 1.43 bits per heavy atom. The number of nitrogens with zero attached hydrogens (tertiary/aromatic N) is 2. The van der Waals surface area contributed by atoms with Gasteiger partial charge in [0, 0.05) is 32.4 Å². The second-order valence-corrected chi connectivity index (χ2v) is 5.65. The highest BCUT2D eigenvalue weighted by molar-refractivity contribution is 5.98. The van der Waals surface area contributed by atoms with Gasteiger partial charge in [-0.05, 0) is 25.2 Å². The van der Waals surface area contributed by atoms with Gasteiger partial charge in [0.05, 0.1) is 11.9 Å². The normalized spacial score (nSPS) is 23.0. The van der Waals surface area contributed by atoms with Crippen molar-refractivity contribution in [3.05, 3.63) is 12.4 Å². The zero-order chi connectivity index (χ0) is 14.7. The Labute approximate surface area is 123 Å². The van der Waals surface area contributed by atoms with E-state index in [0.29, 0.717) is 24.4 Å². The lowest BCUT2D eigenvalue weighted by molar-refractivity contribution is -0.122. The lowest BCUT2D eigenvalue weighted by atomic mass is 10.0. The van der Waals surface area contributed by atoms with Crippen LogP contribution in [0.5, 0.6) is 0 Å². The lowest BCUT2D eigenvalue weighted by Crippen LogP contribution is -2.37. The fourth-order valence-electron chi connectivity index (χ4n) is 2.76. The minimum atomic E-state index is -0.420. The maximum Gasteiger partial charge on any atom is 0.247 e. The topological polar surface area (TPSA) is 85.2 Å². The summed E-state index contributed by atoms with van der Waals surface area (Å²) in [5, 5.41) is 9.73. The number of amides is 2. The third kappa shape index (κ3) is 3.60. The van der Waals surface area contributed by atoms with E-state index in [2.05, 4.69) is 15.7 Å². The highest BCUT2D eigenvalue weighted by Crippen LogP contribution is 2.18. The molecule has 7 nitrogen and oxygen atoms in total. The maximum absolute atomic E-state index is 12.0. The van der Waals surface area contributed by atoms with E-state index in [9.17, 15) is 9.59 Å². The summed E-state index contributed by atoms with van der Waals surface area (Å²) in [6, 6.07) is -0.420. The Morgan fingerprint density at radius 2 is 2.24 bits per heavy atom. The van der Waals surface area contributed by atoms with Gasteiger partial charge in [0.1, 0.15) is 6.04 Å². The molecule has 2 N–H and O–H groups in total. The number of anilines is 1. The molecule has 21 heavy (non-hydrogen) atoms. The van der Waals surface area contributed by atoms with Gasteiger partial charge in [-0.2, -0.15) is 5.10 Å². The molecule has 1 atom stereocenters. The van der Waals surface area contributed by atoms with Gasteiger partial charge < -0.3 is 15.4 Å². The van der Waals surface area contributed by atoms with Crippen molar-refractivity contribution >= 4 is 17.5 Å². The van der Waals surface area contributed by atoms with Crippen molar-refractivity contribution in [1.82, 2.24) is 15.1 Å². The third-order valence-corrected chi connectivity index (χ3v) is 4.00. The molecule has 0 aromatic carbocycles. The average Bonchev–Trinajstić information content (AvgIpc) is 3.09. The first-order valence-corrected chi connectivity index (χ1v) is 7.41. The number of carbonyl (C=O) groups excluding carboxylic acids is 2. The van der Waals surface area contributed by atoms with Gasteiger partial charge in [-0.3, -0.25) is 14.3 Å². The van der Waals surface area contributed by atoms with Crippen LogP contribution < -0.4 is 10.6 Å². The molecule has 2 saturated heterocycles. The molecule has 2 aliphatic rings. The molecule has 2 aliphatic heterocycles. The Hall–Kier alpha value is -1.89. The largest absolute Gasteiger partial charge is 0.381 e. The average molecular weight is 292 g/mol. The first kappa shape index (κ1) is 14.1. The van der Waals surface area contributed by atoms with Gasteiger partial charge in [-0.1, -0.05) is 0 Å². The predicted octanol–water partition coefficient (Wildman–Crippen LogP) is 0.527. The summed E-state index contributed by atoms with van der Waals surface area (Å²) in [6.07, 6.45) is 6.56. The van der Waals surface area contributed by atoms with Crippen LogP contribution in [0.4, 0.5) is 5.69 Å². The van der Waals surface area contributed by atoms with E-state index in [1.54, 1.807) is 6.20 Å².